The molecule has 0 spiro atoms. The van der Waals surface area contributed by atoms with Gasteiger partial charge in [0, 0.05) is 28.2 Å². The van der Waals surface area contributed by atoms with Crippen molar-refractivity contribution < 1.29 is 4.79 Å². The topological polar surface area (TPSA) is 35.9 Å². The smallest absolute Gasteiger partial charge is 0.344 e. The van der Waals surface area contributed by atoms with E-state index in [0.29, 0.717) is 0 Å². The highest BCUT2D eigenvalue weighted by Crippen LogP contribution is 1.81. The highest BCUT2D eigenvalue weighted by atomic mass is 16.2. The predicted molar refractivity (Wildman–Crippen MR) is 41.3 cm³/mol. The summed E-state index contributed by atoms with van der Waals surface area (Å²) in [5.41, 5.74) is 0. The highest BCUT2D eigenvalue weighted by Gasteiger charge is 1.96. The van der Waals surface area contributed by atoms with Crippen LogP contribution in [-0.4, -0.2) is 50.4 Å². The number of nitrogens with zero attached hydrogens (tertiary/aromatic N) is 3. The number of amides is 2. The first kappa shape index (κ1) is 8.94. The van der Waals surface area contributed by atoms with Gasteiger partial charge in [0.05, 0.1) is 6.34 Å². The zero-order chi connectivity index (χ0) is 8.15. The summed E-state index contributed by atoms with van der Waals surface area (Å²) in [4.78, 5) is 17.5. The molecule has 0 saturated heterocycles. The molecular formula is C6H13N3O. The van der Waals surface area contributed by atoms with Crippen LogP contribution >= 0.6 is 0 Å². The molecule has 0 aliphatic carbocycles. The monoisotopic (exact) mass is 143 g/mol. The van der Waals surface area contributed by atoms with Gasteiger partial charge in [0.25, 0.3) is 0 Å². The lowest BCUT2D eigenvalue weighted by atomic mass is 10.8. The summed E-state index contributed by atoms with van der Waals surface area (Å²) in [5, 5.41) is 0. The summed E-state index contributed by atoms with van der Waals surface area (Å²) in [6.07, 6.45) is 1.47. The molecule has 0 aliphatic heterocycles. The van der Waals surface area contributed by atoms with E-state index in [1.165, 1.54) is 11.2 Å². The predicted octanol–water partition coefficient (Wildman–Crippen LogP) is 0.258. The minimum Gasteiger partial charge on any atom is -0.369 e. The van der Waals surface area contributed by atoms with Crippen molar-refractivity contribution in [3.63, 3.8) is 0 Å². The fraction of sp³-hybridized carbons (Fsp3) is 0.667. The number of carbonyl (C=O) groups is 1. The van der Waals surface area contributed by atoms with Crippen LogP contribution in [0.1, 0.15) is 0 Å². The maximum absolute atomic E-state index is 10.7. The minimum absolute atomic E-state index is 0.242. The van der Waals surface area contributed by atoms with Crippen LogP contribution in [0.15, 0.2) is 4.99 Å². The lowest BCUT2D eigenvalue weighted by molar-refractivity contribution is 0.227. The Morgan fingerprint density at radius 1 is 1.30 bits per heavy atom. The average molecular weight is 143 g/mol. The van der Waals surface area contributed by atoms with Crippen molar-refractivity contribution in [3.8, 4) is 0 Å². The van der Waals surface area contributed by atoms with Gasteiger partial charge < -0.3 is 9.80 Å². The van der Waals surface area contributed by atoms with Crippen LogP contribution in [0.3, 0.4) is 0 Å². The van der Waals surface area contributed by atoms with Crippen molar-refractivity contribution in [3.05, 3.63) is 0 Å². The molecule has 0 aromatic rings. The van der Waals surface area contributed by atoms with Gasteiger partial charge in [-0.15, -0.1) is 0 Å². The molecule has 0 bridgehead atoms. The molecule has 0 heterocycles. The summed E-state index contributed by atoms with van der Waals surface area (Å²) < 4.78 is 0. The van der Waals surface area contributed by atoms with E-state index in [1.54, 1.807) is 19.0 Å². The Balaban J connectivity index is 3.79. The van der Waals surface area contributed by atoms with Crippen molar-refractivity contribution in [1.82, 2.24) is 9.80 Å². The van der Waals surface area contributed by atoms with Crippen LogP contribution in [-0.2, 0) is 0 Å². The van der Waals surface area contributed by atoms with E-state index < -0.39 is 0 Å². The molecule has 10 heavy (non-hydrogen) atoms. The summed E-state index contributed by atoms with van der Waals surface area (Å²) in [6, 6.07) is -0.242. The molecule has 0 aromatic heterocycles. The van der Waals surface area contributed by atoms with Crippen molar-refractivity contribution in [2.45, 2.75) is 0 Å². The van der Waals surface area contributed by atoms with Gasteiger partial charge in [-0.05, 0) is 0 Å². The Bertz CT molecular complexity index is 140. The fourth-order valence-corrected chi connectivity index (χ4v) is 0.280. The molecule has 0 fully saturated rings. The molecule has 4 heteroatoms. The molecule has 0 aliphatic rings. The van der Waals surface area contributed by atoms with Crippen LogP contribution in [0.5, 0.6) is 0 Å². The van der Waals surface area contributed by atoms with Gasteiger partial charge in [-0.1, -0.05) is 0 Å². The average Bonchev–Trinajstić information content (AvgIpc) is 1.82. The Morgan fingerprint density at radius 3 is 2.10 bits per heavy atom. The van der Waals surface area contributed by atoms with Gasteiger partial charge >= 0.3 is 6.03 Å². The van der Waals surface area contributed by atoms with Crippen LogP contribution in [0.2, 0.25) is 0 Å². The third-order valence-corrected chi connectivity index (χ3v) is 0.782. The van der Waals surface area contributed by atoms with E-state index in [9.17, 15) is 4.79 Å². The first-order valence-electron chi connectivity index (χ1n) is 2.96. The van der Waals surface area contributed by atoms with Crippen molar-refractivity contribution in [2.24, 2.45) is 4.99 Å². The largest absolute Gasteiger partial charge is 0.369 e. The van der Waals surface area contributed by atoms with E-state index in [1.807, 2.05) is 14.1 Å². The standard InChI is InChI=1S/C6H13N3O/c1-8(2)5-7-6(10)9(3)4/h5H,1-4H3/b7-5+. The maximum atomic E-state index is 10.7. The quantitative estimate of drug-likeness (QED) is 0.390. The minimum atomic E-state index is -0.242. The second kappa shape index (κ2) is 3.87. The van der Waals surface area contributed by atoms with E-state index in [0.717, 1.165) is 0 Å². The molecule has 0 radical (unpaired) electrons. The Morgan fingerprint density at radius 2 is 1.80 bits per heavy atom. The van der Waals surface area contributed by atoms with Crippen LogP contribution < -0.4 is 0 Å². The first-order valence-corrected chi connectivity index (χ1v) is 2.96. The molecule has 0 aromatic carbocycles. The van der Waals surface area contributed by atoms with Gasteiger partial charge in [-0.2, -0.15) is 4.99 Å². The van der Waals surface area contributed by atoms with Gasteiger partial charge in [-0.25, -0.2) is 4.79 Å². The van der Waals surface area contributed by atoms with Crippen molar-refractivity contribution >= 4 is 12.4 Å². The van der Waals surface area contributed by atoms with Gasteiger partial charge in [0.2, 0.25) is 0 Å². The number of rotatable bonds is 1. The molecule has 0 saturated carbocycles. The Kier molecular flexibility index (Phi) is 3.46. The first-order chi connectivity index (χ1) is 4.54. The van der Waals surface area contributed by atoms with Crippen LogP contribution in [0.25, 0.3) is 0 Å². The van der Waals surface area contributed by atoms with E-state index in [4.69, 9.17) is 0 Å². The van der Waals surface area contributed by atoms with Crippen molar-refractivity contribution in [1.29, 1.82) is 0 Å². The third-order valence-electron chi connectivity index (χ3n) is 0.782. The SMILES string of the molecule is CN(C)/C=N/C(=O)N(C)C. The second-order valence-corrected chi connectivity index (χ2v) is 2.39. The lowest BCUT2D eigenvalue weighted by Gasteiger charge is -2.06. The van der Waals surface area contributed by atoms with Crippen LogP contribution in [0.4, 0.5) is 4.79 Å². The maximum Gasteiger partial charge on any atom is 0.344 e. The summed E-state index contributed by atoms with van der Waals surface area (Å²) in [6.45, 7) is 0. The lowest BCUT2D eigenvalue weighted by Crippen LogP contribution is -2.19. The summed E-state index contributed by atoms with van der Waals surface area (Å²) >= 11 is 0. The van der Waals surface area contributed by atoms with Crippen LogP contribution in [0, 0.1) is 0 Å². The normalized spacial score (nSPS) is 10.0. The van der Waals surface area contributed by atoms with Crippen molar-refractivity contribution in [2.75, 3.05) is 28.2 Å². The number of hydrogen-bond donors (Lipinski definition) is 0. The molecule has 0 N–H and O–H groups in total. The van der Waals surface area contributed by atoms with Gasteiger partial charge in [0.1, 0.15) is 0 Å². The molecule has 0 unspecified atom stereocenters. The highest BCUT2D eigenvalue weighted by molar-refractivity contribution is 5.82. The van der Waals surface area contributed by atoms with E-state index in [2.05, 4.69) is 4.99 Å². The fourth-order valence-electron chi connectivity index (χ4n) is 0.280. The zero-order valence-corrected chi connectivity index (χ0v) is 6.83. The van der Waals surface area contributed by atoms with E-state index in [-0.39, 0.29) is 6.03 Å². The molecule has 4 nitrogen and oxygen atoms in total. The summed E-state index contributed by atoms with van der Waals surface area (Å²) in [7, 11) is 6.95. The molecular weight excluding hydrogens is 130 g/mol. The number of carbonyl (C=O) groups excluding carboxylic acids is 1. The van der Waals surface area contributed by atoms with Gasteiger partial charge in [-0.3, -0.25) is 0 Å². The summed E-state index contributed by atoms with van der Waals surface area (Å²) in [5.74, 6) is 0. The molecule has 0 atom stereocenters. The molecule has 0 rings (SSSR count). The third kappa shape index (κ3) is 3.88. The molecule has 2 amide bonds. The Hall–Kier alpha value is -1.06. The zero-order valence-electron chi connectivity index (χ0n) is 6.83. The number of urea groups is 1. The molecule has 58 valence electrons. The van der Waals surface area contributed by atoms with E-state index >= 15 is 0 Å². The number of hydrogen-bond acceptors (Lipinski definition) is 1. The van der Waals surface area contributed by atoms with Gasteiger partial charge in [0.15, 0.2) is 0 Å². The number of aliphatic imine (C=N–C) groups is 1. The Labute approximate surface area is 61.1 Å². The second-order valence-electron chi connectivity index (χ2n) is 2.39.